The van der Waals surface area contributed by atoms with Gasteiger partial charge < -0.3 is 25.6 Å². The Bertz CT molecular complexity index is 1440. The fourth-order valence-electron chi connectivity index (χ4n) is 4.58. The van der Waals surface area contributed by atoms with Crippen LogP contribution in [0.1, 0.15) is 41.1 Å². The standard InChI is InChI=1S/C27H26F3N5O5/c1-14-18(13-40-35-14)20(23(31)36)16(11-12-27(28,29)30)25(37)34-24-26(38)33-22-17(9-6-10-19(22)39-2)21(32-24)15-7-4-3-5-8-15/h3-10,13,16,20,24H,11-12H2,1-2H3,(H2,31,36)(H,33,38)(H,34,37)/t16?,20?,24-/m1/s1. The summed E-state index contributed by atoms with van der Waals surface area (Å²) in [6, 6.07) is 13.9. The molecule has 3 amide bonds. The minimum absolute atomic E-state index is 0.0748. The predicted molar refractivity (Wildman–Crippen MR) is 138 cm³/mol. The molecular formula is C27H26F3N5O5. The van der Waals surface area contributed by atoms with Crippen LogP contribution in [-0.2, 0) is 14.4 Å². The van der Waals surface area contributed by atoms with Crippen LogP contribution < -0.4 is 21.1 Å². The van der Waals surface area contributed by atoms with Crippen LogP contribution in [0, 0.1) is 12.8 Å². The maximum Gasteiger partial charge on any atom is 0.389 e. The summed E-state index contributed by atoms with van der Waals surface area (Å²) in [5, 5.41) is 8.78. The monoisotopic (exact) mass is 557 g/mol. The minimum Gasteiger partial charge on any atom is -0.495 e. The number of nitrogens with zero attached hydrogens (tertiary/aromatic N) is 2. The Morgan fingerprint density at radius 3 is 2.50 bits per heavy atom. The Labute approximate surface area is 226 Å². The zero-order valence-electron chi connectivity index (χ0n) is 21.5. The molecule has 10 nitrogen and oxygen atoms in total. The van der Waals surface area contributed by atoms with Gasteiger partial charge in [0.05, 0.1) is 36.0 Å². The van der Waals surface area contributed by atoms with E-state index in [2.05, 4.69) is 20.8 Å². The van der Waals surface area contributed by atoms with E-state index in [1.807, 2.05) is 0 Å². The van der Waals surface area contributed by atoms with Crippen LogP contribution in [0.4, 0.5) is 18.9 Å². The number of alkyl halides is 3. The summed E-state index contributed by atoms with van der Waals surface area (Å²) in [5.74, 6) is -5.62. The number of aryl methyl sites for hydroxylation is 1. The van der Waals surface area contributed by atoms with E-state index in [0.717, 1.165) is 6.26 Å². The van der Waals surface area contributed by atoms with Crippen LogP contribution >= 0.6 is 0 Å². The van der Waals surface area contributed by atoms with Crippen molar-refractivity contribution in [1.82, 2.24) is 10.5 Å². The lowest BCUT2D eigenvalue weighted by Gasteiger charge is -2.25. The number of rotatable bonds is 9. The Morgan fingerprint density at radius 1 is 1.18 bits per heavy atom. The molecule has 210 valence electrons. The summed E-state index contributed by atoms with van der Waals surface area (Å²) in [6.45, 7) is 1.47. The third-order valence-corrected chi connectivity index (χ3v) is 6.49. The normalized spacial score (nSPS) is 16.6. The van der Waals surface area contributed by atoms with Crippen molar-refractivity contribution in [2.24, 2.45) is 16.6 Å². The number of benzene rings is 2. The van der Waals surface area contributed by atoms with E-state index in [4.69, 9.17) is 15.0 Å². The number of methoxy groups -OCH3 is 1. The molecule has 1 aliphatic rings. The predicted octanol–water partition coefficient (Wildman–Crippen LogP) is 3.45. The van der Waals surface area contributed by atoms with Gasteiger partial charge in [-0.25, -0.2) is 4.99 Å². The molecule has 0 saturated carbocycles. The van der Waals surface area contributed by atoms with Crippen LogP contribution in [0.15, 0.2) is 64.3 Å². The van der Waals surface area contributed by atoms with E-state index in [-0.39, 0.29) is 11.3 Å². The van der Waals surface area contributed by atoms with Crippen molar-refractivity contribution in [2.75, 3.05) is 12.4 Å². The van der Waals surface area contributed by atoms with Gasteiger partial charge >= 0.3 is 6.18 Å². The lowest BCUT2D eigenvalue weighted by molar-refractivity contribution is -0.144. The molecule has 1 aromatic heterocycles. The van der Waals surface area contributed by atoms with Gasteiger partial charge in [0.25, 0.3) is 5.91 Å². The molecule has 0 radical (unpaired) electrons. The fraction of sp³-hybridized carbons (Fsp3) is 0.296. The van der Waals surface area contributed by atoms with Crippen molar-refractivity contribution in [1.29, 1.82) is 0 Å². The number of nitrogens with one attached hydrogen (secondary N) is 2. The van der Waals surface area contributed by atoms with Gasteiger partial charge in [-0.2, -0.15) is 13.2 Å². The van der Waals surface area contributed by atoms with Crippen molar-refractivity contribution in [3.8, 4) is 5.75 Å². The highest BCUT2D eigenvalue weighted by molar-refractivity contribution is 6.20. The maximum absolute atomic E-state index is 13.6. The first-order valence-corrected chi connectivity index (χ1v) is 12.2. The number of halogens is 3. The second-order valence-electron chi connectivity index (χ2n) is 9.12. The van der Waals surface area contributed by atoms with Crippen molar-refractivity contribution < 1.29 is 36.8 Å². The number of ether oxygens (including phenoxy) is 1. The van der Waals surface area contributed by atoms with E-state index in [9.17, 15) is 27.6 Å². The fourth-order valence-corrected chi connectivity index (χ4v) is 4.58. The number of carbonyl (C=O) groups is 3. The zero-order valence-corrected chi connectivity index (χ0v) is 21.5. The summed E-state index contributed by atoms with van der Waals surface area (Å²) in [7, 11) is 1.42. The highest BCUT2D eigenvalue weighted by Crippen LogP contribution is 2.35. The first-order valence-electron chi connectivity index (χ1n) is 12.2. The molecular weight excluding hydrogens is 531 g/mol. The lowest BCUT2D eigenvalue weighted by atomic mass is 9.82. The topological polar surface area (TPSA) is 149 Å². The Kier molecular flexibility index (Phi) is 8.21. The molecule has 1 aliphatic heterocycles. The molecule has 4 N–H and O–H groups in total. The number of para-hydroxylation sites is 1. The second-order valence-corrected chi connectivity index (χ2v) is 9.12. The highest BCUT2D eigenvalue weighted by atomic mass is 19.4. The summed E-state index contributed by atoms with van der Waals surface area (Å²) in [5.41, 5.74) is 7.56. The van der Waals surface area contributed by atoms with Gasteiger partial charge in [0.2, 0.25) is 18.0 Å². The van der Waals surface area contributed by atoms with Gasteiger partial charge in [-0.15, -0.1) is 0 Å². The Balaban J connectivity index is 1.75. The molecule has 0 spiro atoms. The van der Waals surface area contributed by atoms with Gasteiger partial charge in [-0.3, -0.25) is 14.4 Å². The van der Waals surface area contributed by atoms with Crippen molar-refractivity contribution in [3.05, 3.63) is 77.2 Å². The number of carbonyl (C=O) groups excluding carboxylic acids is 3. The zero-order chi connectivity index (χ0) is 29.0. The van der Waals surface area contributed by atoms with Gasteiger partial charge in [0.1, 0.15) is 12.0 Å². The third-order valence-electron chi connectivity index (χ3n) is 6.49. The summed E-state index contributed by atoms with van der Waals surface area (Å²) in [4.78, 5) is 43.8. The number of aliphatic imine (C=N–C) groups is 1. The van der Waals surface area contributed by atoms with Crippen LogP contribution in [0.5, 0.6) is 5.75 Å². The number of nitrogens with two attached hydrogens (primary N) is 1. The Morgan fingerprint density at radius 2 is 1.90 bits per heavy atom. The number of amides is 3. The second kappa shape index (κ2) is 11.6. The number of hydrogen-bond acceptors (Lipinski definition) is 7. The highest BCUT2D eigenvalue weighted by Gasteiger charge is 2.41. The minimum atomic E-state index is -4.62. The van der Waals surface area contributed by atoms with Gasteiger partial charge in [-0.05, 0) is 19.4 Å². The first-order chi connectivity index (χ1) is 19.0. The molecule has 4 rings (SSSR count). The van der Waals surface area contributed by atoms with Gasteiger partial charge in [0, 0.05) is 23.1 Å². The molecule has 0 fully saturated rings. The number of aromatic nitrogens is 1. The van der Waals surface area contributed by atoms with E-state index >= 15 is 0 Å². The largest absolute Gasteiger partial charge is 0.495 e. The molecule has 0 aliphatic carbocycles. The van der Waals surface area contributed by atoms with Crippen LogP contribution in [0.2, 0.25) is 0 Å². The van der Waals surface area contributed by atoms with E-state index in [1.54, 1.807) is 48.5 Å². The Hall–Kier alpha value is -4.68. The number of hydrogen-bond donors (Lipinski definition) is 3. The molecule has 2 aromatic carbocycles. The smallest absolute Gasteiger partial charge is 0.389 e. The number of fused-ring (bicyclic) bond motifs is 1. The number of primary amides is 1. The van der Waals surface area contributed by atoms with Crippen molar-refractivity contribution in [2.45, 2.75) is 38.0 Å². The van der Waals surface area contributed by atoms with Crippen LogP contribution in [-0.4, -0.2) is 48.0 Å². The van der Waals surface area contributed by atoms with Crippen molar-refractivity contribution >= 4 is 29.1 Å². The molecule has 3 atom stereocenters. The lowest BCUT2D eigenvalue weighted by Crippen LogP contribution is -2.47. The third kappa shape index (κ3) is 6.14. The van der Waals surface area contributed by atoms with Crippen LogP contribution in [0.3, 0.4) is 0 Å². The number of benzodiazepines with no additional fused rings is 1. The van der Waals surface area contributed by atoms with E-state index < -0.39 is 54.7 Å². The van der Waals surface area contributed by atoms with Gasteiger partial charge in [0.15, 0.2) is 0 Å². The molecule has 40 heavy (non-hydrogen) atoms. The average molecular weight is 558 g/mol. The molecule has 13 heteroatoms. The van der Waals surface area contributed by atoms with E-state index in [1.165, 1.54) is 14.0 Å². The maximum atomic E-state index is 13.6. The summed E-state index contributed by atoms with van der Waals surface area (Å²) >= 11 is 0. The quantitative estimate of drug-likeness (QED) is 0.367. The molecule has 2 heterocycles. The van der Waals surface area contributed by atoms with E-state index in [0.29, 0.717) is 28.3 Å². The van der Waals surface area contributed by atoms with Gasteiger partial charge in [-0.1, -0.05) is 47.6 Å². The number of anilines is 1. The molecule has 0 saturated heterocycles. The van der Waals surface area contributed by atoms with Crippen molar-refractivity contribution in [3.63, 3.8) is 0 Å². The van der Waals surface area contributed by atoms with Crippen LogP contribution in [0.25, 0.3) is 0 Å². The molecule has 3 aromatic rings. The summed E-state index contributed by atoms with van der Waals surface area (Å²) in [6.07, 6.45) is -7.29. The average Bonchev–Trinajstić information content (AvgIpc) is 3.27. The molecule has 2 unspecified atom stereocenters. The summed E-state index contributed by atoms with van der Waals surface area (Å²) < 4.78 is 49.9. The molecule has 0 bridgehead atoms. The SMILES string of the molecule is COc1cccc2c1NC(=O)[C@@H](NC(=O)C(CCC(F)(F)F)C(C(N)=O)c1conc1C)N=C2c1ccccc1. The first kappa shape index (κ1) is 28.3.